The van der Waals surface area contributed by atoms with E-state index in [1.807, 2.05) is 29.8 Å². The van der Waals surface area contributed by atoms with Crippen molar-refractivity contribution in [1.82, 2.24) is 15.0 Å². The molecule has 1 heterocycles. The fourth-order valence-corrected chi connectivity index (χ4v) is 2.21. The van der Waals surface area contributed by atoms with E-state index >= 15 is 0 Å². The van der Waals surface area contributed by atoms with Gasteiger partial charge in [-0.2, -0.15) is 0 Å². The van der Waals surface area contributed by atoms with Crippen LogP contribution in [0.2, 0.25) is 5.02 Å². The summed E-state index contributed by atoms with van der Waals surface area (Å²) in [6.07, 6.45) is 2.33. The van der Waals surface area contributed by atoms with Gasteiger partial charge in [-0.05, 0) is 37.5 Å². The molecule has 2 aromatic rings. The molecular weight excluding hydrogens is 236 g/mol. The van der Waals surface area contributed by atoms with Gasteiger partial charge in [-0.15, -0.1) is 5.10 Å². The molecule has 0 aliphatic heterocycles. The number of nitrogen functional groups attached to an aromatic ring is 1. The van der Waals surface area contributed by atoms with Crippen LogP contribution < -0.4 is 5.73 Å². The lowest BCUT2D eigenvalue weighted by Crippen LogP contribution is -2.04. The number of halogens is 1. The predicted molar refractivity (Wildman–Crippen MR) is 67.5 cm³/mol. The van der Waals surface area contributed by atoms with Crippen molar-refractivity contribution in [3.63, 3.8) is 0 Å². The van der Waals surface area contributed by atoms with Gasteiger partial charge < -0.3 is 5.73 Å². The lowest BCUT2D eigenvalue weighted by molar-refractivity contribution is 0.759. The van der Waals surface area contributed by atoms with Gasteiger partial charge in [0, 0.05) is 10.9 Å². The highest BCUT2D eigenvalue weighted by atomic mass is 35.5. The SMILES string of the molecule is Cc1c(Cl)cccc1-n1nnc(N)c1C1CC1. The van der Waals surface area contributed by atoms with Crippen molar-refractivity contribution >= 4 is 17.4 Å². The van der Waals surface area contributed by atoms with Crippen LogP contribution in [0.15, 0.2) is 18.2 Å². The highest BCUT2D eigenvalue weighted by molar-refractivity contribution is 6.31. The molecule has 17 heavy (non-hydrogen) atoms. The average Bonchev–Trinajstić information content (AvgIpc) is 3.07. The van der Waals surface area contributed by atoms with Crippen molar-refractivity contribution in [3.05, 3.63) is 34.5 Å². The molecule has 5 heteroatoms. The molecule has 0 atom stereocenters. The zero-order valence-electron chi connectivity index (χ0n) is 9.52. The maximum atomic E-state index is 6.13. The number of hydrogen-bond acceptors (Lipinski definition) is 3. The van der Waals surface area contributed by atoms with Crippen LogP contribution in [-0.4, -0.2) is 15.0 Å². The first kappa shape index (κ1) is 10.6. The third-order valence-electron chi connectivity index (χ3n) is 3.16. The van der Waals surface area contributed by atoms with Crippen LogP contribution >= 0.6 is 11.6 Å². The summed E-state index contributed by atoms with van der Waals surface area (Å²) in [5.41, 5.74) is 8.87. The van der Waals surface area contributed by atoms with Crippen molar-refractivity contribution < 1.29 is 0 Å². The highest BCUT2D eigenvalue weighted by Crippen LogP contribution is 2.43. The maximum absolute atomic E-state index is 6.13. The Labute approximate surface area is 104 Å². The normalized spacial score (nSPS) is 15.2. The Morgan fingerprint density at radius 3 is 2.88 bits per heavy atom. The molecule has 1 aromatic carbocycles. The number of anilines is 1. The molecule has 1 saturated carbocycles. The summed E-state index contributed by atoms with van der Waals surface area (Å²) in [5, 5.41) is 8.84. The molecule has 4 nitrogen and oxygen atoms in total. The smallest absolute Gasteiger partial charge is 0.169 e. The summed E-state index contributed by atoms with van der Waals surface area (Å²) in [7, 11) is 0. The van der Waals surface area contributed by atoms with Crippen molar-refractivity contribution in [2.45, 2.75) is 25.7 Å². The number of benzene rings is 1. The quantitative estimate of drug-likeness (QED) is 0.889. The van der Waals surface area contributed by atoms with Gasteiger partial charge in [0.15, 0.2) is 5.82 Å². The molecule has 0 saturated heterocycles. The van der Waals surface area contributed by atoms with Crippen molar-refractivity contribution in [2.24, 2.45) is 0 Å². The largest absolute Gasteiger partial charge is 0.381 e. The molecule has 3 rings (SSSR count). The minimum Gasteiger partial charge on any atom is -0.381 e. The monoisotopic (exact) mass is 248 g/mol. The summed E-state index contributed by atoms with van der Waals surface area (Å²) in [5.74, 6) is 1.04. The first-order valence-electron chi connectivity index (χ1n) is 5.65. The Kier molecular flexibility index (Phi) is 2.33. The lowest BCUT2D eigenvalue weighted by Gasteiger charge is -2.09. The van der Waals surface area contributed by atoms with E-state index in [0.717, 1.165) is 34.8 Å². The molecule has 0 spiro atoms. The Balaban J connectivity index is 2.18. The lowest BCUT2D eigenvalue weighted by atomic mass is 10.2. The summed E-state index contributed by atoms with van der Waals surface area (Å²) < 4.78 is 1.83. The standard InChI is InChI=1S/C12H13ClN4/c1-7-9(13)3-2-4-10(7)17-11(8-5-6-8)12(14)15-16-17/h2-4,8H,5-6,14H2,1H3. The van der Waals surface area contributed by atoms with Crippen molar-refractivity contribution in [2.75, 3.05) is 5.73 Å². The Morgan fingerprint density at radius 2 is 2.18 bits per heavy atom. The Bertz CT molecular complexity index is 572. The van der Waals surface area contributed by atoms with Crippen LogP contribution in [0.1, 0.15) is 30.0 Å². The van der Waals surface area contributed by atoms with Crippen molar-refractivity contribution in [1.29, 1.82) is 0 Å². The summed E-state index contributed by atoms with van der Waals surface area (Å²) in [6.45, 7) is 1.98. The summed E-state index contributed by atoms with van der Waals surface area (Å²) in [4.78, 5) is 0. The first-order valence-corrected chi connectivity index (χ1v) is 6.03. The van der Waals surface area contributed by atoms with Crippen LogP contribution in [0, 0.1) is 6.92 Å². The van der Waals surface area contributed by atoms with Crippen LogP contribution in [0.4, 0.5) is 5.82 Å². The van der Waals surface area contributed by atoms with E-state index in [1.54, 1.807) is 0 Å². The third-order valence-corrected chi connectivity index (χ3v) is 3.57. The van der Waals surface area contributed by atoms with Gasteiger partial charge in [0.2, 0.25) is 0 Å². The van der Waals surface area contributed by atoms with Crippen LogP contribution in [0.25, 0.3) is 5.69 Å². The molecule has 1 fully saturated rings. The number of nitrogens with zero attached hydrogens (tertiary/aromatic N) is 3. The maximum Gasteiger partial charge on any atom is 0.169 e. The minimum atomic E-state index is 0.503. The Hall–Kier alpha value is -1.55. The molecule has 1 aromatic heterocycles. The second kappa shape index (κ2) is 3.74. The molecule has 1 aliphatic carbocycles. The second-order valence-corrected chi connectivity index (χ2v) is 4.84. The second-order valence-electron chi connectivity index (χ2n) is 4.43. The number of aromatic nitrogens is 3. The molecule has 2 N–H and O–H groups in total. The van der Waals surface area contributed by atoms with Crippen LogP contribution in [-0.2, 0) is 0 Å². The Morgan fingerprint density at radius 1 is 1.41 bits per heavy atom. The highest BCUT2D eigenvalue weighted by Gasteiger charge is 2.31. The van der Waals surface area contributed by atoms with Crippen molar-refractivity contribution in [3.8, 4) is 5.69 Å². The van der Waals surface area contributed by atoms with E-state index < -0.39 is 0 Å². The van der Waals surface area contributed by atoms with Crippen LogP contribution in [0.5, 0.6) is 0 Å². The topological polar surface area (TPSA) is 56.7 Å². The fourth-order valence-electron chi connectivity index (χ4n) is 2.04. The van der Waals surface area contributed by atoms with E-state index in [2.05, 4.69) is 10.3 Å². The molecule has 1 aliphatic rings. The minimum absolute atomic E-state index is 0.503. The third kappa shape index (κ3) is 1.69. The van der Waals surface area contributed by atoms with E-state index in [0.29, 0.717) is 11.7 Å². The molecule has 0 amide bonds. The van der Waals surface area contributed by atoms with Gasteiger partial charge >= 0.3 is 0 Å². The fraction of sp³-hybridized carbons (Fsp3) is 0.333. The summed E-state index contributed by atoms with van der Waals surface area (Å²) >= 11 is 6.13. The zero-order valence-corrected chi connectivity index (χ0v) is 10.3. The number of hydrogen-bond donors (Lipinski definition) is 1. The molecule has 0 bridgehead atoms. The van der Waals surface area contributed by atoms with E-state index in [4.69, 9.17) is 17.3 Å². The van der Waals surface area contributed by atoms with E-state index in [1.165, 1.54) is 0 Å². The molecular formula is C12H13ClN4. The van der Waals surface area contributed by atoms with Gasteiger partial charge in [-0.3, -0.25) is 0 Å². The molecule has 88 valence electrons. The molecule has 0 unspecified atom stereocenters. The summed E-state index contributed by atoms with van der Waals surface area (Å²) in [6, 6.07) is 5.78. The predicted octanol–water partition coefficient (Wildman–Crippen LogP) is 2.69. The number of nitrogens with two attached hydrogens (primary N) is 1. The van der Waals surface area contributed by atoms with E-state index in [-0.39, 0.29) is 0 Å². The van der Waals surface area contributed by atoms with Gasteiger partial charge in [0.25, 0.3) is 0 Å². The average molecular weight is 249 g/mol. The van der Waals surface area contributed by atoms with Gasteiger partial charge in [0.05, 0.1) is 11.4 Å². The van der Waals surface area contributed by atoms with Gasteiger partial charge in [-0.25, -0.2) is 4.68 Å². The molecule has 0 radical (unpaired) electrons. The van der Waals surface area contributed by atoms with Gasteiger partial charge in [0.1, 0.15) is 0 Å². The van der Waals surface area contributed by atoms with Crippen LogP contribution in [0.3, 0.4) is 0 Å². The zero-order chi connectivity index (χ0) is 12.0. The number of rotatable bonds is 2. The van der Waals surface area contributed by atoms with E-state index in [9.17, 15) is 0 Å². The van der Waals surface area contributed by atoms with Gasteiger partial charge in [-0.1, -0.05) is 22.9 Å². The first-order chi connectivity index (χ1) is 8.18.